The van der Waals surface area contributed by atoms with Gasteiger partial charge in [0.1, 0.15) is 0 Å². The molecule has 3 heteroatoms. The zero-order chi connectivity index (χ0) is 12.8. The van der Waals surface area contributed by atoms with Crippen molar-refractivity contribution in [3.05, 3.63) is 30.3 Å². The summed E-state index contributed by atoms with van der Waals surface area (Å²) in [5.41, 5.74) is 0.00221. The fourth-order valence-electron chi connectivity index (χ4n) is 2.24. The lowest BCUT2D eigenvalue weighted by Gasteiger charge is -2.31. The monoisotopic (exact) mass is 243 g/mol. The Hall–Kier alpha value is -1.95. The molecule has 3 nitrogen and oxygen atoms in total. The van der Waals surface area contributed by atoms with Gasteiger partial charge in [-0.1, -0.05) is 30.5 Å². The largest absolute Gasteiger partial charge is 0.429 e. The minimum absolute atomic E-state index is 0.471. The minimum Gasteiger partial charge on any atom is -0.429 e. The first kappa shape index (κ1) is 12.5. The summed E-state index contributed by atoms with van der Waals surface area (Å²) in [4.78, 5) is 11.8. The number of carbonyl (C=O) groups is 1. The number of anilines is 1. The average molecular weight is 243 g/mol. The Balaban J connectivity index is 1.96. The number of amides is 1. The van der Waals surface area contributed by atoms with Gasteiger partial charge in [0, 0.05) is 5.69 Å². The van der Waals surface area contributed by atoms with Crippen LogP contribution in [-0.4, -0.2) is 11.7 Å². The number of ether oxygens (including phenoxy) is 1. The Morgan fingerprint density at radius 2 is 1.89 bits per heavy atom. The van der Waals surface area contributed by atoms with Gasteiger partial charge in [0.15, 0.2) is 5.60 Å². The molecule has 0 heterocycles. The molecule has 1 N–H and O–H groups in total. The number of nitrogens with one attached hydrogen (secondary N) is 1. The molecule has 2 rings (SSSR count). The van der Waals surface area contributed by atoms with Gasteiger partial charge in [-0.2, -0.15) is 0 Å². The Morgan fingerprint density at radius 3 is 2.50 bits per heavy atom. The highest BCUT2D eigenvalue weighted by atomic mass is 16.6. The number of hydrogen-bond acceptors (Lipinski definition) is 2. The van der Waals surface area contributed by atoms with E-state index in [1.54, 1.807) is 0 Å². The van der Waals surface area contributed by atoms with E-state index in [9.17, 15) is 4.79 Å². The van der Waals surface area contributed by atoms with Gasteiger partial charge in [0.2, 0.25) is 0 Å². The molecule has 0 radical (unpaired) electrons. The summed E-state index contributed by atoms with van der Waals surface area (Å²) < 4.78 is 5.45. The molecule has 18 heavy (non-hydrogen) atoms. The molecule has 0 spiro atoms. The Morgan fingerprint density at radius 1 is 1.22 bits per heavy atom. The summed E-state index contributed by atoms with van der Waals surface area (Å²) in [7, 11) is 0. The lowest BCUT2D eigenvalue weighted by molar-refractivity contribution is 0.0365. The molecule has 0 unspecified atom stereocenters. The van der Waals surface area contributed by atoms with E-state index in [0.717, 1.165) is 32.1 Å². The second kappa shape index (κ2) is 5.59. The first-order valence-electron chi connectivity index (χ1n) is 6.27. The van der Waals surface area contributed by atoms with Crippen LogP contribution in [0.3, 0.4) is 0 Å². The molecular weight excluding hydrogens is 226 g/mol. The maximum Gasteiger partial charge on any atom is 0.413 e. The highest BCUT2D eigenvalue weighted by molar-refractivity contribution is 5.85. The van der Waals surface area contributed by atoms with Crippen LogP contribution in [0.5, 0.6) is 0 Å². The first-order valence-corrected chi connectivity index (χ1v) is 6.27. The molecule has 1 aliphatic rings. The number of carbonyl (C=O) groups excluding carboxylic acids is 1. The van der Waals surface area contributed by atoms with E-state index in [0.29, 0.717) is 5.69 Å². The van der Waals surface area contributed by atoms with E-state index < -0.39 is 11.7 Å². The third kappa shape index (κ3) is 3.04. The van der Waals surface area contributed by atoms with Gasteiger partial charge >= 0.3 is 6.09 Å². The van der Waals surface area contributed by atoms with Crippen molar-refractivity contribution in [2.45, 2.75) is 37.7 Å². The van der Waals surface area contributed by atoms with Crippen molar-refractivity contribution in [1.29, 1.82) is 0 Å². The maximum absolute atomic E-state index is 11.8. The smallest absolute Gasteiger partial charge is 0.413 e. The molecular formula is C15H17NO2. The quantitative estimate of drug-likeness (QED) is 0.806. The van der Waals surface area contributed by atoms with Crippen molar-refractivity contribution in [3.63, 3.8) is 0 Å². The third-order valence-electron chi connectivity index (χ3n) is 3.23. The molecule has 1 aliphatic carbocycles. The summed E-state index contributed by atoms with van der Waals surface area (Å²) in [5.74, 6) is 2.65. The lowest BCUT2D eigenvalue weighted by Crippen LogP contribution is -2.37. The van der Waals surface area contributed by atoms with Crippen LogP contribution in [0.15, 0.2) is 30.3 Å². The minimum atomic E-state index is -0.711. The van der Waals surface area contributed by atoms with Crippen molar-refractivity contribution in [2.75, 3.05) is 5.32 Å². The standard InChI is InChI=1S/C15H17NO2/c1-2-15(11-7-4-8-12-15)18-14(17)16-13-9-5-3-6-10-13/h1,3,5-6,9-10H,4,7-8,11-12H2,(H,16,17). The molecule has 0 saturated heterocycles. The van der Waals surface area contributed by atoms with Crippen molar-refractivity contribution >= 4 is 11.8 Å². The lowest BCUT2D eigenvalue weighted by atomic mass is 9.85. The molecule has 1 aromatic rings. The molecule has 0 bridgehead atoms. The number of rotatable bonds is 2. The molecule has 0 atom stereocenters. The fourth-order valence-corrected chi connectivity index (χ4v) is 2.24. The number of terminal acetylenes is 1. The Kier molecular flexibility index (Phi) is 3.88. The Labute approximate surface area is 108 Å². The van der Waals surface area contributed by atoms with Gasteiger partial charge in [-0.15, -0.1) is 6.42 Å². The van der Waals surface area contributed by atoms with Gasteiger partial charge in [-0.25, -0.2) is 4.79 Å². The summed E-state index contributed by atoms with van der Waals surface area (Å²) in [5, 5.41) is 2.69. The molecule has 1 aromatic carbocycles. The van der Waals surface area contributed by atoms with Crippen LogP contribution in [0.25, 0.3) is 0 Å². The summed E-state index contributed by atoms with van der Waals surface area (Å²) in [6, 6.07) is 9.22. The molecule has 1 fully saturated rings. The number of para-hydroxylation sites is 1. The van der Waals surface area contributed by atoms with Crippen LogP contribution in [-0.2, 0) is 4.74 Å². The predicted molar refractivity (Wildman–Crippen MR) is 71.2 cm³/mol. The van der Waals surface area contributed by atoms with E-state index in [-0.39, 0.29) is 0 Å². The Bertz CT molecular complexity index is 441. The fraction of sp³-hybridized carbons (Fsp3) is 0.400. The summed E-state index contributed by atoms with van der Waals surface area (Å²) >= 11 is 0. The van der Waals surface area contributed by atoms with Gasteiger partial charge in [0.25, 0.3) is 0 Å². The molecule has 1 amide bonds. The predicted octanol–water partition coefficient (Wildman–Crippen LogP) is 3.57. The van der Waals surface area contributed by atoms with Crippen LogP contribution in [0.1, 0.15) is 32.1 Å². The van der Waals surface area contributed by atoms with E-state index in [2.05, 4.69) is 11.2 Å². The molecule has 94 valence electrons. The highest BCUT2D eigenvalue weighted by Crippen LogP contribution is 2.31. The van der Waals surface area contributed by atoms with Gasteiger partial charge < -0.3 is 4.74 Å². The summed E-state index contributed by atoms with van der Waals surface area (Å²) in [6.07, 6.45) is 9.76. The third-order valence-corrected chi connectivity index (χ3v) is 3.23. The maximum atomic E-state index is 11.8. The first-order chi connectivity index (χ1) is 8.74. The van der Waals surface area contributed by atoms with E-state index in [1.165, 1.54) is 0 Å². The molecule has 0 aromatic heterocycles. The zero-order valence-electron chi connectivity index (χ0n) is 10.3. The van der Waals surface area contributed by atoms with Crippen molar-refractivity contribution < 1.29 is 9.53 Å². The van der Waals surface area contributed by atoms with Crippen LogP contribution in [0.4, 0.5) is 10.5 Å². The number of hydrogen-bond donors (Lipinski definition) is 1. The van der Waals surface area contributed by atoms with Crippen LogP contribution < -0.4 is 5.32 Å². The van der Waals surface area contributed by atoms with Crippen LogP contribution >= 0.6 is 0 Å². The van der Waals surface area contributed by atoms with Crippen LogP contribution in [0.2, 0.25) is 0 Å². The topological polar surface area (TPSA) is 38.3 Å². The van der Waals surface area contributed by atoms with E-state index in [1.807, 2.05) is 30.3 Å². The molecule has 0 aliphatic heterocycles. The van der Waals surface area contributed by atoms with Gasteiger partial charge in [-0.05, 0) is 37.8 Å². The van der Waals surface area contributed by atoms with E-state index >= 15 is 0 Å². The average Bonchev–Trinajstić information content (AvgIpc) is 2.41. The van der Waals surface area contributed by atoms with E-state index in [4.69, 9.17) is 11.2 Å². The normalized spacial score (nSPS) is 17.5. The second-order valence-corrected chi connectivity index (χ2v) is 4.58. The van der Waals surface area contributed by atoms with Crippen molar-refractivity contribution in [3.8, 4) is 12.3 Å². The van der Waals surface area contributed by atoms with Crippen molar-refractivity contribution in [1.82, 2.24) is 0 Å². The molecule has 1 saturated carbocycles. The van der Waals surface area contributed by atoms with Gasteiger partial charge in [-0.3, -0.25) is 5.32 Å². The van der Waals surface area contributed by atoms with Crippen LogP contribution in [0, 0.1) is 12.3 Å². The second-order valence-electron chi connectivity index (χ2n) is 4.58. The number of benzene rings is 1. The SMILES string of the molecule is C#CC1(OC(=O)Nc2ccccc2)CCCCC1. The summed E-state index contributed by atoms with van der Waals surface area (Å²) in [6.45, 7) is 0. The highest BCUT2D eigenvalue weighted by Gasteiger charge is 2.33. The zero-order valence-corrected chi connectivity index (χ0v) is 10.3. The van der Waals surface area contributed by atoms with Crippen molar-refractivity contribution in [2.24, 2.45) is 0 Å². The van der Waals surface area contributed by atoms with Gasteiger partial charge in [0.05, 0.1) is 0 Å².